The van der Waals surface area contributed by atoms with Crippen molar-refractivity contribution in [3.8, 4) is 0 Å². The van der Waals surface area contributed by atoms with Gasteiger partial charge in [-0.05, 0) is 35.4 Å². The minimum absolute atomic E-state index is 0.467. The molecule has 0 atom stereocenters. The van der Waals surface area contributed by atoms with Crippen LogP contribution < -0.4 is 10.6 Å². The number of nitrogens with zero attached hydrogens (tertiary/aromatic N) is 1. The van der Waals surface area contributed by atoms with Gasteiger partial charge in [0.2, 0.25) is 0 Å². The second kappa shape index (κ2) is 6.42. The molecule has 0 saturated heterocycles. The van der Waals surface area contributed by atoms with Gasteiger partial charge in [0.15, 0.2) is 0 Å². The molecule has 0 spiro atoms. The molecular formula is C15H16BrClN2. The number of hydrogen-bond acceptors (Lipinski definition) is 2. The summed E-state index contributed by atoms with van der Waals surface area (Å²) >= 11 is 9.67. The van der Waals surface area contributed by atoms with Gasteiger partial charge >= 0.3 is 0 Å². The topological polar surface area (TPSA) is 29.3 Å². The SMILES string of the molecule is CN(Cc1cccc(Br)c1)c1ccc(CN)c(Cl)c1. The Bertz CT molecular complexity index is 572. The van der Waals surface area contributed by atoms with Crippen molar-refractivity contribution in [1.29, 1.82) is 0 Å². The average Bonchev–Trinajstić information content (AvgIpc) is 2.38. The second-order valence-electron chi connectivity index (χ2n) is 4.47. The van der Waals surface area contributed by atoms with E-state index in [1.807, 2.05) is 30.3 Å². The highest BCUT2D eigenvalue weighted by molar-refractivity contribution is 9.10. The highest BCUT2D eigenvalue weighted by Crippen LogP contribution is 2.24. The van der Waals surface area contributed by atoms with Crippen LogP contribution in [-0.4, -0.2) is 7.05 Å². The van der Waals surface area contributed by atoms with Gasteiger partial charge in [-0.25, -0.2) is 0 Å². The lowest BCUT2D eigenvalue weighted by atomic mass is 10.1. The fraction of sp³-hybridized carbons (Fsp3) is 0.200. The molecule has 0 heterocycles. The van der Waals surface area contributed by atoms with Crippen molar-refractivity contribution in [3.05, 3.63) is 63.1 Å². The number of benzene rings is 2. The van der Waals surface area contributed by atoms with Gasteiger partial charge in [-0.3, -0.25) is 0 Å². The molecule has 0 radical (unpaired) electrons. The van der Waals surface area contributed by atoms with E-state index in [1.54, 1.807) is 0 Å². The van der Waals surface area contributed by atoms with Gasteiger partial charge in [-0.1, -0.05) is 45.7 Å². The third kappa shape index (κ3) is 3.72. The molecule has 2 rings (SSSR count). The van der Waals surface area contributed by atoms with Crippen molar-refractivity contribution < 1.29 is 0 Å². The van der Waals surface area contributed by atoms with Crippen LogP contribution in [-0.2, 0) is 13.1 Å². The van der Waals surface area contributed by atoms with Crippen LogP contribution in [0.2, 0.25) is 5.02 Å². The fourth-order valence-electron chi connectivity index (χ4n) is 1.94. The maximum atomic E-state index is 6.19. The van der Waals surface area contributed by atoms with Crippen LogP contribution >= 0.6 is 27.5 Å². The van der Waals surface area contributed by atoms with Gasteiger partial charge in [0.25, 0.3) is 0 Å². The van der Waals surface area contributed by atoms with Crippen LogP contribution in [0.4, 0.5) is 5.69 Å². The number of anilines is 1. The Balaban J connectivity index is 2.15. The smallest absolute Gasteiger partial charge is 0.0471 e. The average molecular weight is 340 g/mol. The van der Waals surface area contributed by atoms with Gasteiger partial charge in [0.1, 0.15) is 0 Å². The Morgan fingerprint density at radius 1 is 1.21 bits per heavy atom. The van der Waals surface area contributed by atoms with E-state index in [2.05, 4.69) is 40.0 Å². The number of rotatable bonds is 4. The molecule has 0 aromatic heterocycles. The molecular weight excluding hydrogens is 324 g/mol. The molecule has 100 valence electrons. The van der Waals surface area contributed by atoms with Gasteiger partial charge in [-0.2, -0.15) is 0 Å². The molecule has 4 heteroatoms. The lowest BCUT2D eigenvalue weighted by Crippen LogP contribution is -2.16. The molecule has 2 N–H and O–H groups in total. The summed E-state index contributed by atoms with van der Waals surface area (Å²) in [5, 5.41) is 0.723. The summed E-state index contributed by atoms with van der Waals surface area (Å²) in [5.41, 5.74) is 8.92. The van der Waals surface area contributed by atoms with Crippen LogP contribution in [0.25, 0.3) is 0 Å². The quantitative estimate of drug-likeness (QED) is 0.904. The Kier molecular flexibility index (Phi) is 4.86. The molecule has 0 aliphatic carbocycles. The molecule has 0 amide bonds. The molecule has 0 aliphatic heterocycles. The predicted molar refractivity (Wildman–Crippen MR) is 85.6 cm³/mol. The lowest BCUT2D eigenvalue weighted by Gasteiger charge is -2.20. The normalized spacial score (nSPS) is 10.5. The lowest BCUT2D eigenvalue weighted by molar-refractivity contribution is 0.920. The molecule has 2 aromatic carbocycles. The van der Waals surface area contributed by atoms with Crippen molar-refractivity contribution in [2.24, 2.45) is 5.73 Å². The van der Waals surface area contributed by atoms with Gasteiger partial charge in [-0.15, -0.1) is 0 Å². The zero-order chi connectivity index (χ0) is 13.8. The van der Waals surface area contributed by atoms with Crippen molar-refractivity contribution in [2.45, 2.75) is 13.1 Å². The number of nitrogens with two attached hydrogens (primary N) is 1. The summed E-state index contributed by atoms with van der Waals surface area (Å²) in [5.74, 6) is 0. The Labute approximate surface area is 127 Å². The molecule has 0 aliphatic rings. The van der Waals surface area contributed by atoms with E-state index < -0.39 is 0 Å². The largest absolute Gasteiger partial charge is 0.370 e. The van der Waals surface area contributed by atoms with Crippen molar-refractivity contribution in [2.75, 3.05) is 11.9 Å². The van der Waals surface area contributed by atoms with Crippen LogP contribution in [0.15, 0.2) is 46.9 Å². The second-order valence-corrected chi connectivity index (χ2v) is 5.79. The Morgan fingerprint density at radius 2 is 2.00 bits per heavy atom. The molecule has 0 unspecified atom stereocenters. The summed E-state index contributed by atoms with van der Waals surface area (Å²) < 4.78 is 1.09. The maximum Gasteiger partial charge on any atom is 0.0471 e. The third-order valence-electron chi connectivity index (χ3n) is 3.01. The monoisotopic (exact) mass is 338 g/mol. The maximum absolute atomic E-state index is 6.19. The van der Waals surface area contributed by atoms with Crippen LogP contribution in [0.3, 0.4) is 0 Å². The van der Waals surface area contributed by atoms with Gasteiger partial charge in [0, 0.05) is 35.3 Å². The minimum Gasteiger partial charge on any atom is -0.370 e. The Morgan fingerprint density at radius 3 is 2.63 bits per heavy atom. The minimum atomic E-state index is 0.467. The summed E-state index contributed by atoms with van der Waals surface area (Å²) in [7, 11) is 2.05. The third-order valence-corrected chi connectivity index (χ3v) is 3.85. The first kappa shape index (κ1) is 14.4. The van der Waals surface area contributed by atoms with E-state index >= 15 is 0 Å². The summed E-state index contributed by atoms with van der Waals surface area (Å²) in [6, 6.07) is 14.3. The molecule has 0 bridgehead atoms. The van der Waals surface area contributed by atoms with E-state index in [9.17, 15) is 0 Å². The van der Waals surface area contributed by atoms with E-state index in [4.69, 9.17) is 17.3 Å². The van der Waals surface area contributed by atoms with Crippen molar-refractivity contribution in [1.82, 2.24) is 0 Å². The van der Waals surface area contributed by atoms with E-state index in [0.717, 1.165) is 27.3 Å². The molecule has 0 fully saturated rings. The molecule has 2 aromatic rings. The highest BCUT2D eigenvalue weighted by Gasteiger charge is 2.05. The van der Waals surface area contributed by atoms with Crippen LogP contribution in [0, 0.1) is 0 Å². The first-order valence-corrected chi connectivity index (χ1v) is 7.21. The van der Waals surface area contributed by atoms with E-state index in [-0.39, 0.29) is 0 Å². The van der Waals surface area contributed by atoms with Crippen molar-refractivity contribution >= 4 is 33.2 Å². The van der Waals surface area contributed by atoms with Crippen LogP contribution in [0.1, 0.15) is 11.1 Å². The zero-order valence-electron chi connectivity index (χ0n) is 10.7. The van der Waals surface area contributed by atoms with Crippen LogP contribution in [0.5, 0.6) is 0 Å². The summed E-state index contributed by atoms with van der Waals surface area (Å²) in [4.78, 5) is 2.16. The van der Waals surface area contributed by atoms with Gasteiger partial charge < -0.3 is 10.6 Å². The molecule has 0 saturated carbocycles. The number of halogens is 2. The van der Waals surface area contributed by atoms with Crippen molar-refractivity contribution in [3.63, 3.8) is 0 Å². The standard InChI is InChI=1S/C15H16BrClN2/c1-19(10-11-3-2-4-13(16)7-11)14-6-5-12(9-18)15(17)8-14/h2-8H,9-10,18H2,1H3. The van der Waals surface area contributed by atoms with E-state index in [1.165, 1.54) is 5.56 Å². The van der Waals surface area contributed by atoms with E-state index in [0.29, 0.717) is 6.54 Å². The highest BCUT2D eigenvalue weighted by atomic mass is 79.9. The molecule has 2 nitrogen and oxygen atoms in total. The fourth-order valence-corrected chi connectivity index (χ4v) is 2.64. The summed E-state index contributed by atoms with van der Waals surface area (Å²) in [6.45, 7) is 1.30. The predicted octanol–water partition coefficient (Wildman–Crippen LogP) is 4.20. The number of hydrogen-bond donors (Lipinski definition) is 1. The summed E-state index contributed by atoms with van der Waals surface area (Å²) in [6.07, 6.45) is 0. The molecule has 19 heavy (non-hydrogen) atoms. The van der Waals surface area contributed by atoms with Gasteiger partial charge in [0.05, 0.1) is 0 Å². The first-order valence-electron chi connectivity index (χ1n) is 6.04. The Hall–Kier alpha value is -1.03. The zero-order valence-corrected chi connectivity index (χ0v) is 13.1. The first-order chi connectivity index (χ1) is 9.10.